The fourth-order valence-corrected chi connectivity index (χ4v) is 1.74. The summed E-state index contributed by atoms with van der Waals surface area (Å²) < 4.78 is 5.66. The third-order valence-electron chi connectivity index (χ3n) is 2.47. The zero-order valence-corrected chi connectivity index (χ0v) is 9.60. The van der Waals surface area contributed by atoms with Crippen molar-refractivity contribution in [2.75, 3.05) is 6.54 Å². The summed E-state index contributed by atoms with van der Waals surface area (Å²) in [6.07, 6.45) is 3.64. The highest BCUT2D eigenvalue weighted by Gasteiger charge is 2.16. The van der Waals surface area contributed by atoms with Crippen LogP contribution in [0.3, 0.4) is 0 Å². The Morgan fingerprint density at radius 2 is 2.25 bits per heavy atom. The molecule has 0 aromatic carbocycles. The molecule has 0 saturated heterocycles. The van der Waals surface area contributed by atoms with E-state index < -0.39 is 0 Å². The minimum absolute atomic E-state index is 0.0902. The quantitative estimate of drug-likeness (QED) is 0.853. The molecule has 3 heteroatoms. The highest BCUT2D eigenvalue weighted by atomic mass is 16.3. The van der Waals surface area contributed by atoms with Crippen LogP contribution >= 0.6 is 0 Å². The minimum atomic E-state index is 0.0902. The lowest BCUT2D eigenvalue weighted by Crippen LogP contribution is -2.21. The highest BCUT2D eigenvalue weighted by Crippen LogP contribution is 2.22. The number of hydrogen-bond donors (Lipinski definition) is 1. The zero-order valence-electron chi connectivity index (χ0n) is 9.60. The molecule has 0 saturated carbocycles. The molecule has 1 N–H and O–H groups in total. The molecule has 0 fully saturated rings. The number of furan rings is 1. The molecule has 1 unspecified atom stereocenters. The molecule has 0 amide bonds. The van der Waals surface area contributed by atoms with Gasteiger partial charge in [0.2, 0.25) is 0 Å². The van der Waals surface area contributed by atoms with Crippen LogP contribution in [0.25, 0.3) is 0 Å². The van der Waals surface area contributed by atoms with Gasteiger partial charge in [-0.2, -0.15) is 0 Å². The van der Waals surface area contributed by atoms with E-state index in [2.05, 4.69) is 23.3 Å². The largest absolute Gasteiger partial charge is 0.464 e. The summed E-state index contributed by atoms with van der Waals surface area (Å²) in [4.78, 5) is 4.14. The second kappa shape index (κ2) is 4.94. The summed E-state index contributed by atoms with van der Waals surface area (Å²) in [6, 6.07) is 8.08. The van der Waals surface area contributed by atoms with Crippen LogP contribution in [0.15, 0.2) is 41.1 Å². The van der Waals surface area contributed by atoms with Crippen molar-refractivity contribution in [3.63, 3.8) is 0 Å². The highest BCUT2D eigenvalue weighted by molar-refractivity contribution is 5.24. The smallest absolute Gasteiger partial charge is 0.125 e. The third kappa shape index (κ3) is 2.31. The van der Waals surface area contributed by atoms with E-state index in [9.17, 15) is 0 Å². The SMILES string of the molecule is CCNC(c1cccnc1)c1ccc(C)o1. The van der Waals surface area contributed by atoms with Crippen LogP contribution in [-0.2, 0) is 0 Å². The van der Waals surface area contributed by atoms with E-state index >= 15 is 0 Å². The van der Waals surface area contributed by atoms with Gasteiger partial charge >= 0.3 is 0 Å². The van der Waals surface area contributed by atoms with E-state index in [1.165, 1.54) is 0 Å². The Labute approximate surface area is 95.5 Å². The van der Waals surface area contributed by atoms with E-state index in [1.54, 1.807) is 6.20 Å². The van der Waals surface area contributed by atoms with Crippen molar-refractivity contribution < 1.29 is 4.42 Å². The lowest BCUT2D eigenvalue weighted by Gasteiger charge is -2.15. The van der Waals surface area contributed by atoms with Gasteiger partial charge in [0.15, 0.2) is 0 Å². The molecule has 0 spiro atoms. The molecular formula is C13H16N2O. The maximum absolute atomic E-state index is 5.66. The maximum Gasteiger partial charge on any atom is 0.125 e. The van der Waals surface area contributed by atoms with Crippen molar-refractivity contribution in [3.8, 4) is 0 Å². The number of hydrogen-bond acceptors (Lipinski definition) is 3. The van der Waals surface area contributed by atoms with Gasteiger partial charge in [0, 0.05) is 12.4 Å². The Kier molecular flexibility index (Phi) is 3.37. The van der Waals surface area contributed by atoms with Crippen LogP contribution in [0.1, 0.15) is 30.0 Å². The molecule has 84 valence electrons. The van der Waals surface area contributed by atoms with Crippen molar-refractivity contribution in [3.05, 3.63) is 53.7 Å². The molecule has 1 atom stereocenters. The van der Waals surface area contributed by atoms with E-state index in [-0.39, 0.29) is 6.04 Å². The third-order valence-corrected chi connectivity index (χ3v) is 2.47. The first-order valence-electron chi connectivity index (χ1n) is 5.51. The van der Waals surface area contributed by atoms with Crippen LogP contribution in [0, 0.1) is 6.92 Å². The first kappa shape index (κ1) is 10.9. The molecule has 2 rings (SSSR count). The average molecular weight is 216 g/mol. The Morgan fingerprint density at radius 1 is 1.38 bits per heavy atom. The molecule has 2 heterocycles. The minimum Gasteiger partial charge on any atom is -0.464 e. The standard InChI is InChI=1S/C13H16N2O/c1-3-15-13(11-5-4-8-14-9-11)12-7-6-10(2)16-12/h4-9,13,15H,3H2,1-2H3. The second-order valence-electron chi connectivity index (χ2n) is 3.73. The van der Waals surface area contributed by atoms with E-state index in [1.807, 2.05) is 31.3 Å². The number of aryl methyl sites for hydroxylation is 1. The molecule has 0 aliphatic rings. The van der Waals surface area contributed by atoms with Gasteiger partial charge in [-0.05, 0) is 37.2 Å². The summed E-state index contributed by atoms with van der Waals surface area (Å²) in [5.74, 6) is 1.87. The Morgan fingerprint density at radius 3 is 2.81 bits per heavy atom. The number of rotatable bonds is 4. The number of nitrogens with zero attached hydrogens (tertiary/aromatic N) is 1. The van der Waals surface area contributed by atoms with E-state index in [0.29, 0.717) is 0 Å². The van der Waals surface area contributed by atoms with Crippen molar-refractivity contribution in [1.29, 1.82) is 0 Å². The van der Waals surface area contributed by atoms with Crippen LogP contribution in [0.2, 0.25) is 0 Å². The van der Waals surface area contributed by atoms with E-state index in [0.717, 1.165) is 23.6 Å². The summed E-state index contributed by atoms with van der Waals surface area (Å²) >= 11 is 0. The van der Waals surface area contributed by atoms with Gasteiger partial charge in [-0.25, -0.2) is 0 Å². The zero-order chi connectivity index (χ0) is 11.4. The van der Waals surface area contributed by atoms with Crippen molar-refractivity contribution in [2.24, 2.45) is 0 Å². The van der Waals surface area contributed by atoms with E-state index in [4.69, 9.17) is 4.42 Å². The monoisotopic (exact) mass is 216 g/mol. The summed E-state index contributed by atoms with van der Waals surface area (Å²) in [7, 11) is 0. The Bertz CT molecular complexity index is 436. The first-order valence-corrected chi connectivity index (χ1v) is 5.51. The average Bonchev–Trinajstić information content (AvgIpc) is 2.74. The van der Waals surface area contributed by atoms with Gasteiger partial charge in [-0.1, -0.05) is 13.0 Å². The number of pyridine rings is 1. The predicted octanol–water partition coefficient (Wildman–Crippen LogP) is 2.68. The van der Waals surface area contributed by atoms with Gasteiger partial charge in [-0.15, -0.1) is 0 Å². The first-order chi connectivity index (χ1) is 7.81. The summed E-state index contributed by atoms with van der Waals surface area (Å²) in [5, 5.41) is 3.39. The topological polar surface area (TPSA) is 38.1 Å². The molecule has 0 radical (unpaired) electrons. The lowest BCUT2D eigenvalue weighted by molar-refractivity contribution is 0.434. The number of aromatic nitrogens is 1. The van der Waals surface area contributed by atoms with Crippen molar-refractivity contribution in [2.45, 2.75) is 19.9 Å². The Hall–Kier alpha value is -1.61. The summed E-state index contributed by atoms with van der Waals surface area (Å²) in [6.45, 7) is 4.92. The van der Waals surface area contributed by atoms with Crippen molar-refractivity contribution >= 4 is 0 Å². The predicted molar refractivity (Wildman–Crippen MR) is 63.2 cm³/mol. The van der Waals surface area contributed by atoms with Gasteiger partial charge in [0.1, 0.15) is 11.5 Å². The molecule has 3 nitrogen and oxygen atoms in total. The number of nitrogens with one attached hydrogen (secondary N) is 1. The lowest BCUT2D eigenvalue weighted by atomic mass is 10.1. The normalized spacial score (nSPS) is 12.6. The second-order valence-corrected chi connectivity index (χ2v) is 3.73. The molecule has 0 aliphatic heterocycles. The van der Waals surface area contributed by atoms with Crippen molar-refractivity contribution in [1.82, 2.24) is 10.3 Å². The molecule has 16 heavy (non-hydrogen) atoms. The van der Waals surface area contributed by atoms with Crippen LogP contribution in [-0.4, -0.2) is 11.5 Å². The van der Waals surface area contributed by atoms with Gasteiger partial charge in [0.25, 0.3) is 0 Å². The molecule has 2 aromatic heterocycles. The van der Waals surface area contributed by atoms with Crippen LogP contribution < -0.4 is 5.32 Å². The maximum atomic E-state index is 5.66. The van der Waals surface area contributed by atoms with Gasteiger partial charge in [-0.3, -0.25) is 4.98 Å². The molecule has 0 bridgehead atoms. The van der Waals surface area contributed by atoms with Gasteiger partial charge < -0.3 is 9.73 Å². The van der Waals surface area contributed by atoms with Crippen LogP contribution in [0.4, 0.5) is 0 Å². The summed E-state index contributed by atoms with van der Waals surface area (Å²) in [5.41, 5.74) is 1.12. The molecular weight excluding hydrogens is 200 g/mol. The van der Waals surface area contributed by atoms with Gasteiger partial charge in [0.05, 0.1) is 6.04 Å². The Balaban J connectivity index is 2.31. The van der Waals surface area contributed by atoms with Crippen LogP contribution in [0.5, 0.6) is 0 Å². The fourth-order valence-electron chi connectivity index (χ4n) is 1.74. The molecule has 0 aliphatic carbocycles. The fraction of sp³-hybridized carbons (Fsp3) is 0.308. The molecule has 2 aromatic rings.